The molecular formula is C37H46O14. The molecule has 278 valence electrons. The third kappa shape index (κ3) is 15.9. The number of aryl methyl sites for hydroxylation is 3. The van der Waals surface area contributed by atoms with Crippen molar-refractivity contribution in [1.29, 1.82) is 0 Å². The molecule has 0 saturated heterocycles. The van der Waals surface area contributed by atoms with Gasteiger partial charge in [0.2, 0.25) is 5.75 Å². The van der Waals surface area contributed by atoms with E-state index in [1.807, 2.05) is 6.92 Å². The highest BCUT2D eigenvalue weighted by atomic mass is 16.5. The van der Waals surface area contributed by atoms with Crippen LogP contribution in [0.15, 0.2) is 84.9 Å². The Labute approximate surface area is 295 Å². The molecule has 0 amide bonds. The van der Waals surface area contributed by atoms with Gasteiger partial charge in [-0.05, 0) is 91.6 Å². The van der Waals surface area contributed by atoms with E-state index in [1.165, 1.54) is 74.9 Å². The topological polar surface area (TPSA) is 272 Å². The van der Waals surface area contributed by atoms with E-state index in [4.69, 9.17) is 55.8 Å². The van der Waals surface area contributed by atoms with Gasteiger partial charge in [-0.25, -0.2) is 0 Å². The van der Waals surface area contributed by atoms with Crippen molar-refractivity contribution in [3.05, 3.63) is 102 Å². The van der Waals surface area contributed by atoms with Crippen molar-refractivity contribution in [2.75, 3.05) is 14.2 Å². The summed E-state index contributed by atoms with van der Waals surface area (Å²) in [6, 6.07) is 20.5. The van der Waals surface area contributed by atoms with Crippen LogP contribution in [-0.2, 0) is 6.42 Å². The van der Waals surface area contributed by atoms with Gasteiger partial charge in [0.25, 0.3) is 0 Å². The highest BCUT2D eigenvalue weighted by Crippen LogP contribution is 2.35. The van der Waals surface area contributed by atoms with E-state index in [9.17, 15) is 5.11 Å². The first-order chi connectivity index (χ1) is 23.5. The van der Waals surface area contributed by atoms with Crippen LogP contribution in [0.25, 0.3) is 0 Å². The van der Waals surface area contributed by atoms with Crippen LogP contribution in [0.4, 0.5) is 0 Å². The van der Waals surface area contributed by atoms with E-state index in [1.54, 1.807) is 38.1 Å². The van der Waals surface area contributed by atoms with Crippen molar-refractivity contribution < 1.29 is 71.1 Å². The minimum atomic E-state index is -0.467. The maximum Gasteiger partial charge on any atom is 0.202 e. The van der Waals surface area contributed by atoms with Crippen LogP contribution in [0.5, 0.6) is 74.7 Å². The average molecular weight is 715 g/mol. The van der Waals surface area contributed by atoms with E-state index in [2.05, 4.69) is 4.74 Å². The maximum atomic E-state index is 9.26. The summed E-state index contributed by atoms with van der Waals surface area (Å²) in [6.07, 6.45) is 1.85. The second kappa shape index (κ2) is 22.2. The van der Waals surface area contributed by atoms with E-state index < -0.39 is 5.75 Å². The van der Waals surface area contributed by atoms with Crippen molar-refractivity contribution in [2.24, 2.45) is 0 Å². The van der Waals surface area contributed by atoms with E-state index in [0.29, 0.717) is 11.3 Å². The lowest BCUT2D eigenvalue weighted by atomic mass is 10.1. The molecule has 5 aromatic carbocycles. The lowest BCUT2D eigenvalue weighted by Gasteiger charge is -2.03. The van der Waals surface area contributed by atoms with Crippen molar-refractivity contribution in [3.63, 3.8) is 0 Å². The number of phenolic OH excluding ortho intramolecular Hbond substituents is 11. The number of rotatable bonds is 4. The second-order valence-corrected chi connectivity index (χ2v) is 10.4. The molecule has 5 rings (SSSR count). The van der Waals surface area contributed by atoms with Gasteiger partial charge in [0.05, 0.1) is 14.2 Å². The lowest BCUT2D eigenvalue weighted by molar-refractivity contribution is 0.344. The highest BCUT2D eigenvalue weighted by Gasteiger charge is 2.05. The summed E-state index contributed by atoms with van der Waals surface area (Å²) >= 11 is 0. The fourth-order valence-electron chi connectivity index (χ4n) is 3.92. The molecule has 51 heavy (non-hydrogen) atoms. The lowest BCUT2D eigenvalue weighted by Crippen LogP contribution is -1.82. The molecule has 0 heterocycles. The van der Waals surface area contributed by atoms with Gasteiger partial charge >= 0.3 is 0 Å². The fourth-order valence-corrected chi connectivity index (χ4v) is 3.92. The van der Waals surface area contributed by atoms with Gasteiger partial charge < -0.3 is 71.1 Å². The van der Waals surface area contributed by atoms with Gasteiger partial charge in [0.1, 0.15) is 28.7 Å². The molecule has 0 spiro atoms. The fraction of sp³-hybridized carbons (Fsp3) is 0.189. The normalized spacial score (nSPS) is 9.35. The molecule has 0 aliphatic heterocycles. The third-order valence-corrected chi connectivity index (χ3v) is 6.19. The van der Waals surface area contributed by atoms with E-state index in [-0.39, 0.29) is 68.7 Å². The molecule has 14 nitrogen and oxygen atoms in total. The van der Waals surface area contributed by atoms with Crippen LogP contribution in [0, 0.1) is 13.8 Å². The van der Waals surface area contributed by atoms with Crippen LogP contribution < -0.4 is 9.47 Å². The third-order valence-electron chi connectivity index (χ3n) is 6.19. The largest absolute Gasteiger partial charge is 0.508 e. The minimum Gasteiger partial charge on any atom is -0.508 e. The Bertz CT molecular complexity index is 1700. The molecule has 0 saturated carbocycles. The Morgan fingerprint density at radius 2 is 0.941 bits per heavy atom. The first kappa shape index (κ1) is 44.5. The summed E-state index contributed by atoms with van der Waals surface area (Å²) in [6.45, 7) is 5.56. The molecule has 0 radical (unpaired) electrons. The van der Waals surface area contributed by atoms with Crippen molar-refractivity contribution >= 4 is 0 Å². The van der Waals surface area contributed by atoms with Gasteiger partial charge in [0, 0.05) is 18.2 Å². The monoisotopic (exact) mass is 714 g/mol. The quantitative estimate of drug-likeness (QED) is 0.0961. The molecule has 0 aliphatic carbocycles. The van der Waals surface area contributed by atoms with Gasteiger partial charge in [0.15, 0.2) is 40.2 Å². The number of phenols is 11. The molecule has 0 aromatic heterocycles. The molecule has 0 atom stereocenters. The van der Waals surface area contributed by atoms with Crippen LogP contribution in [0.3, 0.4) is 0 Å². The van der Waals surface area contributed by atoms with Crippen molar-refractivity contribution in [1.82, 2.24) is 0 Å². The Balaban J connectivity index is 0.000000610. The molecule has 5 aromatic rings. The number of hydrogen-bond acceptors (Lipinski definition) is 13. The summed E-state index contributed by atoms with van der Waals surface area (Å²) in [7, 11) is 2.83. The maximum absolute atomic E-state index is 9.26. The van der Waals surface area contributed by atoms with Crippen LogP contribution in [-0.4, -0.2) is 75.9 Å². The Hall–Kier alpha value is -6.54. The van der Waals surface area contributed by atoms with Gasteiger partial charge in [-0.3, -0.25) is 0 Å². The standard InChI is InChI=1S/C9H12O2.3C7H8O3.C7H8O2.H2O/c1-2-3-7-4-5-8(10)6-9(7)11;1-4-2-5(8)7(10)6(9)3-4;1-10-7-3-2-5(8)4-6(7)9;1-10-7-5(8)3-2-4-6(7)9;1-5-2-6(8)4-7(9)3-5;/h4-6,10-11H,2-3H2,1H3;2-3,8-10H,1H3;2*2-4,8-9H,1H3;2-4,8-9H,1H3;1H2. The van der Waals surface area contributed by atoms with Crippen molar-refractivity contribution in [3.8, 4) is 74.7 Å². The zero-order valence-corrected chi connectivity index (χ0v) is 28.7. The molecule has 0 bridgehead atoms. The number of benzene rings is 5. The molecular weight excluding hydrogens is 668 g/mol. The predicted octanol–water partition coefficient (Wildman–Crippen LogP) is 5.96. The number of methoxy groups -OCH3 is 2. The molecule has 0 unspecified atom stereocenters. The molecule has 13 N–H and O–H groups in total. The van der Waals surface area contributed by atoms with Gasteiger partial charge in [-0.2, -0.15) is 0 Å². The molecule has 0 fully saturated rings. The summed E-state index contributed by atoms with van der Waals surface area (Å²) in [5.41, 5.74) is 2.45. The van der Waals surface area contributed by atoms with E-state index in [0.717, 1.165) is 24.0 Å². The van der Waals surface area contributed by atoms with Crippen LogP contribution in [0.2, 0.25) is 0 Å². The molecule has 14 heteroatoms. The highest BCUT2D eigenvalue weighted by molar-refractivity contribution is 5.51. The second-order valence-electron chi connectivity index (χ2n) is 10.4. The SMILES string of the molecule is CCCc1ccc(O)cc1O.COc1c(O)cccc1O.COc1ccc(O)cc1O.Cc1cc(O)c(O)c(O)c1.Cc1cc(O)cc(O)c1.O. The number of para-hydroxylation sites is 1. The smallest absolute Gasteiger partial charge is 0.202 e. The van der Waals surface area contributed by atoms with E-state index >= 15 is 0 Å². The van der Waals surface area contributed by atoms with Crippen LogP contribution >= 0.6 is 0 Å². The first-order valence-electron chi connectivity index (χ1n) is 14.9. The Kier molecular flexibility index (Phi) is 19.3. The van der Waals surface area contributed by atoms with Gasteiger partial charge in [-0.15, -0.1) is 0 Å². The summed E-state index contributed by atoms with van der Waals surface area (Å²) in [5.74, 6) is -0.207. The zero-order chi connectivity index (χ0) is 38.0. The van der Waals surface area contributed by atoms with Crippen LogP contribution in [0.1, 0.15) is 30.0 Å². The Morgan fingerprint density at radius 1 is 0.471 bits per heavy atom. The number of aromatic hydroxyl groups is 11. The molecule has 0 aliphatic rings. The number of ether oxygens (including phenoxy) is 2. The first-order valence-corrected chi connectivity index (χ1v) is 14.9. The predicted molar refractivity (Wildman–Crippen MR) is 191 cm³/mol. The van der Waals surface area contributed by atoms with Gasteiger partial charge in [-0.1, -0.05) is 25.5 Å². The zero-order valence-electron chi connectivity index (χ0n) is 28.7. The summed E-state index contributed by atoms with van der Waals surface area (Å²) < 4.78 is 9.41. The number of hydrogen-bond donors (Lipinski definition) is 11. The van der Waals surface area contributed by atoms with Crippen molar-refractivity contribution in [2.45, 2.75) is 33.6 Å². The average Bonchev–Trinajstić information content (AvgIpc) is 3.02. The summed E-state index contributed by atoms with van der Waals surface area (Å²) in [5, 5.41) is 98.3. The Morgan fingerprint density at radius 3 is 1.33 bits per heavy atom. The minimum absolute atomic E-state index is 0. The summed E-state index contributed by atoms with van der Waals surface area (Å²) in [4.78, 5) is 0.